The summed E-state index contributed by atoms with van der Waals surface area (Å²) in [5.74, 6) is -1.49. The van der Waals surface area contributed by atoms with Gasteiger partial charge in [-0.25, -0.2) is 4.39 Å². The van der Waals surface area contributed by atoms with Gasteiger partial charge in [-0.2, -0.15) is 0 Å². The molecule has 41 heavy (non-hydrogen) atoms. The summed E-state index contributed by atoms with van der Waals surface area (Å²) in [7, 11) is 1.63. The van der Waals surface area contributed by atoms with E-state index in [0.717, 1.165) is 29.7 Å². The first-order valence-corrected chi connectivity index (χ1v) is 14.6. The third kappa shape index (κ3) is 8.22. The van der Waals surface area contributed by atoms with Crippen LogP contribution in [0.25, 0.3) is 0 Å². The molecule has 0 radical (unpaired) electrons. The van der Waals surface area contributed by atoms with Crippen molar-refractivity contribution >= 4 is 34.7 Å². The molecule has 0 aliphatic carbocycles. The fourth-order valence-corrected chi connectivity index (χ4v) is 5.95. The van der Waals surface area contributed by atoms with Crippen molar-refractivity contribution in [2.24, 2.45) is 11.7 Å². The minimum atomic E-state index is -0.534. The average Bonchev–Trinajstić information content (AvgIpc) is 3.65. The second-order valence-electron chi connectivity index (χ2n) is 10.5. The molecule has 4 rings (SSSR count). The number of likely N-dealkylation sites (tertiary alicyclic amines) is 1. The van der Waals surface area contributed by atoms with Gasteiger partial charge < -0.3 is 26.0 Å². The Morgan fingerprint density at radius 1 is 1.07 bits per heavy atom. The molecule has 3 amide bonds. The van der Waals surface area contributed by atoms with Crippen molar-refractivity contribution < 1.29 is 23.5 Å². The van der Waals surface area contributed by atoms with Gasteiger partial charge in [0, 0.05) is 37.3 Å². The lowest BCUT2D eigenvalue weighted by molar-refractivity contribution is -0.119. The molecule has 3 aromatic rings. The van der Waals surface area contributed by atoms with Crippen LogP contribution in [0.1, 0.15) is 51.1 Å². The highest BCUT2D eigenvalue weighted by Crippen LogP contribution is 2.25. The SMILES string of the molecule is COC[C@H]1CCCN1C(=O)c1ccc(C(=O)N[C@@H](Cc2ccccc2)[C@@H](N)C[C@@H](C)C(=O)Nc2ccc(F)cc2)s1. The molecule has 1 saturated heterocycles. The number of methoxy groups -OCH3 is 1. The topological polar surface area (TPSA) is 114 Å². The Kier molecular flexibility index (Phi) is 10.6. The van der Waals surface area contributed by atoms with Gasteiger partial charge in [-0.1, -0.05) is 37.3 Å². The maximum Gasteiger partial charge on any atom is 0.264 e. The summed E-state index contributed by atoms with van der Waals surface area (Å²) in [6.45, 7) is 2.93. The number of carbonyl (C=O) groups excluding carboxylic acids is 3. The van der Waals surface area contributed by atoms with Gasteiger partial charge in [-0.05, 0) is 67.6 Å². The van der Waals surface area contributed by atoms with Crippen LogP contribution in [0.3, 0.4) is 0 Å². The molecular weight excluding hydrogens is 543 g/mol. The number of nitrogens with two attached hydrogens (primary N) is 1. The second-order valence-corrected chi connectivity index (χ2v) is 11.6. The highest BCUT2D eigenvalue weighted by atomic mass is 32.1. The molecule has 4 atom stereocenters. The van der Waals surface area contributed by atoms with Gasteiger partial charge in [0.15, 0.2) is 0 Å². The number of amides is 3. The zero-order chi connectivity index (χ0) is 29.4. The van der Waals surface area contributed by atoms with Crippen LogP contribution in [-0.4, -0.2) is 61.0 Å². The van der Waals surface area contributed by atoms with Gasteiger partial charge in [0.2, 0.25) is 5.91 Å². The molecular formula is C31H37FN4O4S. The van der Waals surface area contributed by atoms with Crippen LogP contribution in [0.4, 0.5) is 10.1 Å². The van der Waals surface area contributed by atoms with E-state index in [1.165, 1.54) is 24.3 Å². The van der Waals surface area contributed by atoms with Crippen molar-refractivity contribution in [1.29, 1.82) is 0 Å². The second kappa shape index (κ2) is 14.3. The molecule has 1 fully saturated rings. The molecule has 4 N–H and O–H groups in total. The number of nitrogens with zero attached hydrogens (tertiary/aromatic N) is 1. The van der Waals surface area contributed by atoms with Gasteiger partial charge in [0.25, 0.3) is 11.8 Å². The van der Waals surface area contributed by atoms with Crippen LogP contribution in [0, 0.1) is 11.7 Å². The molecule has 0 saturated carbocycles. The fraction of sp³-hybridized carbons (Fsp3) is 0.387. The fourth-order valence-electron chi connectivity index (χ4n) is 5.08. The summed E-state index contributed by atoms with van der Waals surface area (Å²) in [6.07, 6.45) is 2.62. The van der Waals surface area contributed by atoms with Crippen molar-refractivity contribution in [2.45, 2.75) is 50.7 Å². The first kappa shape index (κ1) is 30.4. The Balaban J connectivity index is 1.43. The zero-order valence-electron chi connectivity index (χ0n) is 23.3. The minimum Gasteiger partial charge on any atom is -0.383 e. The Morgan fingerprint density at radius 3 is 2.49 bits per heavy atom. The number of benzene rings is 2. The van der Waals surface area contributed by atoms with E-state index in [1.807, 2.05) is 35.2 Å². The van der Waals surface area contributed by atoms with E-state index in [9.17, 15) is 18.8 Å². The van der Waals surface area contributed by atoms with E-state index >= 15 is 0 Å². The molecule has 1 aliphatic rings. The first-order valence-electron chi connectivity index (χ1n) is 13.8. The smallest absolute Gasteiger partial charge is 0.264 e. The van der Waals surface area contributed by atoms with Crippen LogP contribution in [-0.2, 0) is 16.0 Å². The molecule has 0 unspecified atom stereocenters. The highest BCUT2D eigenvalue weighted by molar-refractivity contribution is 7.15. The van der Waals surface area contributed by atoms with Crippen molar-refractivity contribution in [3.8, 4) is 0 Å². The summed E-state index contributed by atoms with van der Waals surface area (Å²) in [5, 5.41) is 5.85. The lowest BCUT2D eigenvalue weighted by Crippen LogP contribution is -2.50. The third-order valence-electron chi connectivity index (χ3n) is 7.35. The van der Waals surface area contributed by atoms with E-state index in [4.69, 9.17) is 10.5 Å². The van der Waals surface area contributed by atoms with Crippen LogP contribution in [0.15, 0.2) is 66.7 Å². The third-order valence-corrected chi connectivity index (χ3v) is 8.43. The average molecular weight is 581 g/mol. The number of ether oxygens (including phenoxy) is 1. The van der Waals surface area contributed by atoms with Gasteiger partial charge >= 0.3 is 0 Å². The largest absolute Gasteiger partial charge is 0.383 e. The lowest BCUT2D eigenvalue weighted by atomic mass is 9.92. The van der Waals surface area contributed by atoms with E-state index in [1.54, 1.807) is 26.2 Å². The van der Waals surface area contributed by atoms with Gasteiger partial charge in [-0.15, -0.1) is 11.3 Å². The number of rotatable bonds is 12. The Morgan fingerprint density at radius 2 is 1.78 bits per heavy atom. The molecule has 0 bridgehead atoms. The maximum atomic E-state index is 13.4. The molecule has 1 aliphatic heterocycles. The molecule has 0 spiro atoms. The van der Waals surface area contributed by atoms with E-state index in [0.29, 0.717) is 41.4 Å². The predicted octanol–water partition coefficient (Wildman–Crippen LogP) is 4.47. The molecule has 10 heteroatoms. The van der Waals surface area contributed by atoms with E-state index in [-0.39, 0.29) is 29.6 Å². The van der Waals surface area contributed by atoms with Gasteiger partial charge in [0.1, 0.15) is 5.82 Å². The first-order chi connectivity index (χ1) is 19.7. The van der Waals surface area contributed by atoms with Crippen molar-refractivity contribution in [1.82, 2.24) is 10.2 Å². The molecule has 2 aromatic carbocycles. The van der Waals surface area contributed by atoms with Gasteiger partial charge in [0.05, 0.1) is 22.4 Å². The predicted molar refractivity (Wildman–Crippen MR) is 158 cm³/mol. The maximum absolute atomic E-state index is 13.4. The molecule has 8 nitrogen and oxygen atoms in total. The number of thiophene rings is 1. The molecule has 1 aromatic heterocycles. The minimum absolute atomic E-state index is 0.0439. The summed E-state index contributed by atoms with van der Waals surface area (Å²) in [4.78, 5) is 42.1. The van der Waals surface area contributed by atoms with Crippen molar-refractivity contribution in [3.63, 3.8) is 0 Å². The lowest BCUT2D eigenvalue weighted by Gasteiger charge is -2.27. The molecule has 2 heterocycles. The highest BCUT2D eigenvalue weighted by Gasteiger charge is 2.31. The summed E-state index contributed by atoms with van der Waals surface area (Å²) in [5.41, 5.74) is 8.10. The molecule has 218 valence electrons. The summed E-state index contributed by atoms with van der Waals surface area (Å²) < 4.78 is 18.5. The Bertz CT molecular complexity index is 1320. The standard InChI is InChI=1S/C31H37FN4O4S/c1-20(29(37)34-23-12-10-22(32)11-13-23)17-25(33)26(18-21-7-4-3-5-8-21)35-30(38)27-14-15-28(41-27)31(39)36-16-6-9-24(36)19-40-2/h3-5,7-8,10-15,20,24-26H,6,9,16-19,33H2,1-2H3,(H,34,37)(H,35,38)/t20-,24-,25+,26+/m1/s1. The number of carbonyl (C=O) groups is 3. The zero-order valence-corrected chi connectivity index (χ0v) is 24.2. The van der Waals surface area contributed by atoms with Crippen LogP contribution in [0.5, 0.6) is 0 Å². The Hall–Kier alpha value is -3.60. The van der Waals surface area contributed by atoms with Crippen LogP contribution < -0.4 is 16.4 Å². The normalized spacial score (nSPS) is 17.1. The van der Waals surface area contributed by atoms with E-state index < -0.39 is 18.0 Å². The number of nitrogens with one attached hydrogen (secondary N) is 2. The monoisotopic (exact) mass is 580 g/mol. The van der Waals surface area contributed by atoms with Crippen LogP contribution >= 0.6 is 11.3 Å². The quantitative estimate of drug-likeness (QED) is 0.293. The van der Waals surface area contributed by atoms with Crippen molar-refractivity contribution in [2.75, 3.05) is 25.6 Å². The van der Waals surface area contributed by atoms with Gasteiger partial charge in [-0.3, -0.25) is 14.4 Å². The van der Waals surface area contributed by atoms with Crippen molar-refractivity contribution in [3.05, 3.63) is 87.9 Å². The Labute approximate surface area is 244 Å². The summed E-state index contributed by atoms with van der Waals surface area (Å²) in [6, 6.07) is 17.7. The summed E-state index contributed by atoms with van der Waals surface area (Å²) >= 11 is 1.16. The van der Waals surface area contributed by atoms with Crippen LogP contribution in [0.2, 0.25) is 0 Å². The number of hydrogen-bond donors (Lipinski definition) is 3. The number of anilines is 1. The van der Waals surface area contributed by atoms with E-state index in [2.05, 4.69) is 10.6 Å². The number of halogens is 1. The number of hydrogen-bond acceptors (Lipinski definition) is 6.